The van der Waals surface area contributed by atoms with E-state index in [4.69, 9.17) is 11.6 Å². The highest BCUT2D eigenvalue weighted by Crippen LogP contribution is 2.44. The van der Waals surface area contributed by atoms with E-state index in [1.807, 2.05) is 11.0 Å². The van der Waals surface area contributed by atoms with Gasteiger partial charge in [0.2, 0.25) is 0 Å². The molecule has 1 aliphatic heterocycles. The van der Waals surface area contributed by atoms with Crippen molar-refractivity contribution in [3.63, 3.8) is 0 Å². The van der Waals surface area contributed by atoms with E-state index < -0.39 is 17.8 Å². The van der Waals surface area contributed by atoms with Gasteiger partial charge < -0.3 is 5.11 Å². The average molecular weight is 558 g/mol. The standard InChI is InChI=1S/C27H35ClF3N3O2S/c1-15-6-8-16(9-7-15)19-13-34(14-20-23(27(29,30)31)32-33(5)24(20)28)11-10-17(19)18-12-21(26(2,3)4)37-22(18)25(35)36/h12,15-16H,6-11,13-14H2,1-5H3,(H,35,36). The third kappa shape index (κ3) is 5.93. The molecule has 1 N–H and O–H groups in total. The van der Waals surface area contributed by atoms with Crippen LogP contribution in [0.5, 0.6) is 0 Å². The molecule has 4 rings (SSSR count). The summed E-state index contributed by atoms with van der Waals surface area (Å²) in [5.74, 6) is 0.00542. The van der Waals surface area contributed by atoms with Crippen molar-refractivity contribution >= 4 is 34.5 Å². The van der Waals surface area contributed by atoms with Crippen molar-refractivity contribution in [3.05, 3.63) is 43.4 Å². The molecule has 37 heavy (non-hydrogen) atoms. The first-order chi connectivity index (χ1) is 17.2. The molecule has 0 aromatic carbocycles. The van der Waals surface area contributed by atoms with E-state index in [9.17, 15) is 23.1 Å². The second kappa shape index (κ2) is 10.4. The van der Waals surface area contributed by atoms with Crippen LogP contribution in [0.4, 0.5) is 13.2 Å². The summed E-state index contributed by atoms with van der Waals surface area (Å²) in [4.78, 5) is 15.6. The normalized spacial score (nSPS) is 22.1. The molecule has 0 amide bonds. The zero-order valence-corrected chi connectivity index (χ0v) is 23.6. The topological polar surface area (TPSA) is 58.4 Å². The molecule has 1 fully saturated rings. The summed E-state index contributed by atoms with van der Waals surface area (Å²) in [5, 5.41) is 13.7. The minimum atomic E-state index is -4.59. The highest BCUT2D eigenvalue weighted by molar-refractivity contribution is 7.14. The maximum Gasteiger partial charge on any atom is 0.435 e. The van der Waals surface area contributed by atoms with Crippen molar-refractivity contribution in [1.29, 1.82) is 0 Å². The summed E-state index contributed by atoms with van der Waals surface area (Å²) in [5.41, 5.74) is 1.89. The van der Waals surface area contributed by atoms with Crippen LogP contribution in [0.15, 0.2) is 11.6 Å². The smallest absolute Gasteiger partial charge is 0.435 e. The molecule has 0 atom stereocenters. The van der Waals surface area contributed by atoms with E-state index in [0.29, 0.717) is 36.2 Å². The number of aromatic nitrogens is 2. The molecular weight excluding hydrogens is 523 g/mol. The molecule has 3 heterocycles. The van der Waals surface area contributed by atoms with Gasteiger partial charge in [0.15, 0.2) is 5.69 Å². The van der Waals surface area contributed by atoms with E-state index >= 15 is 0 Å². The van der Waals surface area contributed by atoms with Crippen LogP contribution in [0.2, 0.25) is 5.15 Å². The Hall–Kier alpha value is -1.84. The van der Waals surface area contributed by atoms with E-state index in [0.717, 1.165) is 46.4 Å². The van der Waals surface area contributed by atoms with Gasteiger partial charge in [0, 0.05) is 42.7 Å². The first-order valence-electron chi connectivity index (χ1n) is 12.8. The summed E-state index contributed by atoms with van der Waals surface area (Å²) in [6.45, 7) is 9.53. The number of alkyl halides is 3. The minimum Gasteiger partial charge on any atom is -0.477 e. The summed E-state index contributed by atoms with van der Waals surface area (Å²) in [6.07, 6.45) is 0.201. The second-order valence-corrected chi connectivity index (χ2v) is 13.0. The molecule has 0 unspecified atom stereocenters. The van der Waals surface area contributed by atoms with Gasteiger partial charge in [-0.2, -0.15) is 18.3 Å². The molecular formula is C27H35ClF3N3O2S. The van der Waals surface area contributed by atoms with E-state index in [1.165, 1.54) is 24.0 Å². The van der Waals surface area contributed by atoms with Gasteiger partial charge in [-0.1, -0.05) is 52.1 Å². The number of carboxylic acids is 1. The minimum absolute atomic E-state index is 0.00374. The van der Waals surface area contributed by atoms with E-state index in [2.05, 4.69) is 32.8 Å². The number of hydrogen-bond acceptors (Lipinski definition) is 4. The number of rotatable bonds is 5. The van der Waals surface area contributed by atoms with Crippen molar-refractivity contribution in [1.82, 2.24) is 14.7 Å². The first kappa shape index (κ1) is 28.2. The third-order valence-corrected chi connectivity index (χ3v) is 9.70. The summed E-state index contributed by atoms with van der Waals surface area (Å²) in [7, 11) is 1.42. The van der Waals surface area contributed by atoms with Crippen molar-refractivity contribution in [2.75, 3.05) is 13.1 Å². The Morgan fingerprint density at radius 3 is 2.43 bits per heavy atom. The van der Waals surface area contributed by atoms with E-state index in [-0.39, 0.29) is 22.7 Å². The van der Waals surface area contributed by atoms with Gasteiger partial charge in [0.25, 0.3) is 0 Å². The van der Waals surface area contributed by atoms with Crippen LogP contribution in [-0.2, 0) is 25.2 Å². The monoisotopic (exact) mass is 557 g/mol. The fourth-order valence-electron chi connectivity index (χ4n) is 5.55. The summed E-state index contributed by atoms with van der Waals surface area (Å²) < 4.78 is 42.1. The number of halogens is 4. The molecule has 10 heteroatoms. The third-order valence-electron chi connectivity index (χ3n) is 7.68. The van der Waals surface area contributed by atoms with Gasteiger partial charge in [-0.15, -0.1) is 11.3 Å². The maximum absolute atomic E-state index is 13.7. The predicted octanol–water partition coefficient (Wildman–Crippen LogP) is 7.64. The van der Waals surface area contributed by atoms with Crippen LogP contribution in [0, 0.1) is 11.8 Å². The van der Waals surface area contributed by atoms with E-state index in [1.54, 1.807) is 0 Å². The van der Waals surface area contributed by atoms with Crippen molar-refractivity contribution < 1.29 is 23.1 Å². The molecule has 204 valence electrons. The fourth-order valence-corrected chi connectivity index (χ4v) is 6.82. The largest absolute Gasteiger partial charge is 0.477 e. The highest BCUT2D eigenvalue weighted by atomic mass is 35.5. The Morgan fingerprint density at radius 1 is 1.22 bits per heavy atom. The molecule has 5 nitrogen and oxygen atoms in total. The lowest BCUT2D eigenvalue weighted by atomic mass is 9.75. The number of thiophene rings is 1. The quantitative estimate of drug-likeness (QED) is 0.410. The lowest BCUT2D eigenvalue weighted by Gasteiger charge is -2.37. The molecule has 1 saturated carbocycles. The molecule has 2 aliphatic rings. The summed E-state index contributed by atoms with van der Waals surface area (Å²) in [6, 6.07) is 2.03. The van der Waals surface area contributed by atoms with Crippen LogP contribution >= 0.6 is 22.9 Å². The number of nitrogens with zero attached hydrogens (tertiary/aromatic N) is 3. The SMILES string of the molecule is CC1CCC(C2=C(c3cc(C(C)(C)C)sc3C(=O)O)CCN(Cc3c(C(F)(F)F)nn(C)c3Cl)C2)CC1. The van der Waals surface area contributed by atoms with Gasteiger partial charge in [-0.3, -0.25) is 9.58 Å². The number of hydrogen-bond donors (Lipinski definition) is 1. The summed E-state index contributed by atoms with van der Waals surface area (Å²) >= 11 is 7.59. The van der Waals surface area contributed by atoms with Crippen molar-refractivity contribution in [3.8, 4) is 0 Å². The molecule has 0 spiro atoms. The van der Waals surface area contributed by atoms with Crippen LogP contribution in [0.1, 0.15) is 91.2 Å². The van der Waals surface area contributed by atoms with Gasteiger partial charge in [-0.05, 0) is 53.7 Å². The number of aryl methyl sites for hydroxylation is 1. The molecule has 0 bridgehead atoms. The predicted molar refractivity (Wildman–Crippen MR) is 141 cm³/mol. The van der Waals surface area contributed by atoms with Crippen LogP contribution in [-0.4, -0.2) is 38.8 Å². The zero-order valence-electron chi connectivity index (χ0n) is 22.0. The lowest BCUT2D eigenvalue weighted by Crippen LogP contribution is -2.34. The zero-order chi connectivity index (χ0) is 27.3. The molecule has 1 aliphatic carbocycles. The second-order valence-electron chi connectivity index (χ2n) is 11.6. The van der Waals surface area contributed by atoms with Crippen molar-refractivity contribution in [2.24, 2.45) is 18.9 Å². The molecule has 0 radical (unpaired) electrons. The first-order valence-corrected chi connectivity index (χ1v) is 14.0. The van der Waals surface area contributed by atoms with Gasteiger partial charge in [-0.25, -0.2) is 4.79 Å². The van der Waals surface area contributed by atoms with Gasteiger partial charge in [0.1, 0.15) is 10.0 Å². The van der Waals surface area contributed by atoms with Crippen LogP contribution in [0.3, 0.4) is 0 Å². The Kier molecular flexibility index (Phi) is 7.90. The lowest BCUT2D eigenvalue weighted by molar-refractivity contribution is -0.142. The average Bonchev–Trinajstić information content (AvgIpc) is 3.37. The molecule has 2 aromatic heterocycles. The maximum atomic E-state index is 13.7. The number of carbonyl (C=O) groups is 1. The Bertz CT molecular complexity index is 1200. The van der Waals surface area contributed by atoms with Gasteiger partial charge >= 0.3 is 12.1 Å². The Morgan fingerprint density at radius 2 is 1.86 bits per heavy atom. The molecule has 0 saturated heterocycles. The highest BCUT2D eigenvalue weighted by Gasteiger charge is 2.40. The molecule has 2 aromatic rings. The van der Waals surface area contributed by atoms with Gasteiger partial charge in [0.05, 0.1) is 0 Å². The van der Waals surface area contributed by atoms with Crippen LogP contribution < -0.4 is 0 Å². The number of carboxylic acid groups (broad SMARTS) is 1. The Labute approximate surface area is 225 Å². The Balaban J connectivity index is 1.75. The van der Waals surface area contributed by atoms with Crippen LogP contribution in [0.25, 0.3) is 5.57 Å². The van der Waals surface area contributed by atoms with Crippen molar-refractivity contribution in [2.45, 2.75) is 77.9 Å². The number of aromatic carboxylic acids is 1. The fraction of sp³-hybridized carbons (Fsp3) is 0.630.